The maximum atomic E-state index is 12.3. The van der Waals surface area contributed by atoms with Crippen LogP contribution in [0.5, 0.6) is 0 Å². The maximum Gasteiger partial charge on any atom is 0.347 e. The van der Waals surface area contributed by atoms with Gasteiger partial charge in [-0.2, -0.15) is 0 Å². The van der Waals surface area contributed by atoms with Crippen LogP contribution in [0, 0.1) is 0 Å². The number of carbonyl (C=O) groups is 2. The second-order valence-electron chi connectivity index (χ2n) is 6.36. The molecule has 1 fully saturated rings. The Bertz CT molecular complexity index is 389. The van der Waals surface area contributed by atoms with E-state index in [0.717, 1.165) is 11.5 Å². The largest absolute Gasteiger partial charge is 0.456 e. The highest BCUT2D eigenvalue weighted by molar-refractivity contribution is 8.25. The van der Waals surface area contributed by atoms with Gasteiger partial charge in [0.1, 0.15) is 11.2 Å². The molecule has 0 aromatic carbocycles. The predicted octanol–water partition coefficient (Wildman–Crippen LogP) is 3.36. The van der Waals surface area contributed by atoms with Gasteiger partial charge in [0.25, 0.3) is 0 Å². The van der Waals surface area contributed by atoms with Crippen molar-refractivity contribution in [1.82, 2.24) is 0 Å². The molecule has 1 aliphatic heterocycles. The van der Waals surface area contributed by atoms with Crippen LogP contribution >= 0.6 is 23.5 Å². The van der Waals surface area contributed by atoms with Gasteiger partial charge in [0.2, 0.25) is 0 Å². The summed E-state index contributed by atoms with van der Waals surface area (Å²) in [5.74, 6) is 0.553. The molecule has 0 amide bonds. The molecule has 6 heteroatoms. The summed E-state index contributed by atoms with van der Waals surface area (Å²) in [5.41, 5.74) is -1.25. The van der Waals surface area contributed by atoms with Gasteiger partial charge in [-0.15, -0.1) is 23.5 Å². The molecule has 1 rings (SSSR count). The number of esters is 2. The van der Waals surface area contributed by atoms with E-state index in [1.54, 1.807) is 41.5 Å². The van der Waals surface area contributed by atoms with Crippen LogP contribution in [0.15, 0.2) is 9.81 Å². The molecule has 4 nitrogen and oxygen atoms in total. The normalized spacial score (nSPS) is 16.0. The fourth-order valence-electron chi connectivity index (χ4n) is 1.36. The van der Waals surface area contributed by atoms with E-state index < -0.39 is 23.1 Å². The van der Waals surface area contributed by atoms with Crippen molar-refractivity contribution >= 4 is 35.5 Å². The average Bonchev–Trinajstić information content (AvgIpc) is 2.64. The molecule has 0 radical (unpaired) electrons. The molecule has 0 aromatic heterocycles. The fraction of sp³-hybridized carbons (Fsp3) is 0.714. The highest BCUT2D eigenvalue weighted by Crippen LogP contribution is 2.39. The van der Waals surface area contributed by atoms with Crippen molar-refractivity contribution in [3.8, 4) is 0 Å². The van der Waals surface area contributed by atoms with Crippen molar-refractivity contribution in [2.24, 2.45) is 0 Å². The molecule has 1 saturated heterocycles. The molecule has 0 spiro atoms. The maximum absolute atomic E-state index is 12.3. The van der Waals surface area contributed by atoms with E-state index in [9.17, 15) is 9.59 Å². The standard InChI is InChI=1S/C14H22O4S2/c1-13(2,3)17-10(15)9(12-19-7-8-20-12)11(16)18-14(4,5)6/h7-8H2,1-6H3. The number of rotatable bonds is 2. The summed E-state index contributed by atoms with van der Waals surface area (Å²) in [5, 5.41) is 0. The SMILES string of the molecule is CC(C)(C)OC(=O)C(C(=O)OC(C)(C)C)=C1SCCS1. The third-order valence-electron chi connectivity index (χ3n) is 1.96. The van der Waals surface area contributed by atoms with Crippen molar-refractivity contribution in [2.75, 3.05) is 11.5 Å². The van der Waals surface area contributed by atoms with E-state index in [1.807, 2.05) is 0 Å². The Labute approximate surface area is 129 Å². The van der Waals surface area contributed by atoms with E-state index in [-0.39, 0.29) is 5.57 Å². The number of thioether (sulfide) groups is 2. The summed E-state index contributed by atoms with van der Waals surface area (Å²) in [6.07, 6.45) is 0. The Kier molecular flexibility index (Phi) is 5.61. The fourth-order valence-corrected chi connectivity index (χ4v) is 3.86. The summed E-state index contributed by atoms with van der Waals surface area (Å²) in [7, 11) is 0. The minimum Gasteiger partial charge on any atom is -0.456 e. The lowest BCUT2D eigenvalue weighted by Crippen LogP contribution is -2.31. The van der Waals surface area contributed by atoms with Crippen LogP contribution in [0.1, 0.15) is 41.5 Å². The Balaban J connectivity index is 3.01. The van der Waals surface area contributed by atoms with Crippen LogP contribution in [0.2, 0.25) is 0 Å². The zero-order valence-electron chi connectivity index (χ0n) is 12.9. The second kappa shape index (κ2) is 6.43. The van der Waals surface area contributed by atoms with Crippen LogP contribution in [0.25, 0.3) is 0 Å². The summed E-state index contributed by atoms with van der Waals surface area (Å²) in [6, 6.07) is 0. The molecule has 0 atom stereocenters. The lowest BCUT2D eigenvalue weighted by atomic mass is 10.1. The van der Waals surface area contributed by atoms with Gasteiger partial charge < -0.3 is 9.47 Å². The Hall–Kier alpha value is -0.620. The van der Waals surface area contributed by atoms with E-state index in [4.69, 9.17) is 9.47 Å². The van der Waals surface area contributed by atoms with Crippen LogP contribution in [-0.4, -0.2) is 34.6 Å². The van der Waals surface area contributed by atoms with Gasteiger partial charge in [0.05, 0.1) is 4.24 Å². The molecule has 20 heavy (non-hydrogen) atoms. The molecular weight excluding hydrogens is 296 g/mol. The first-order valence-corrected chi connectivity index (χ1v) is 8.43. The second-order valence-corrected chi connectivity index (χ2v) is 8.83. The van der Waals surface area contributed by atoms with E-state index in [2.05, 4.69) is 0 Å². The van der Waals surface area contributed by atoms with Gasteiger partial charge in [0, 0.05) is 11.5 Å². The highest BCUT2D eigenvalue weighted by Gasteiger charge is 2.33. The Morgan fingerprint density at radius 3 is 1.50 bits per heavy atom. The third-order valence-corrected chi connectivity index (χ3v) is 4.67. The summed E-state index contributed by atoms with van der Waals surface area (Å²) in [6.45, 7) is 10.7. The van der Waals surface area contributed by atoms with E-state index >= 15 is 0 Å². The molecule has 0 saturated carbocycles. The lowest BCUT2D eigenvalue weighted by Gasteiger charge is -2.23. The molecule has 1 aliphatic rings. The minimum atomic E-state index is -0.640. The minimum absolute atomic E-state index is 0.0300. The molecule has 0 unspecified atom stereocenters. The third kappa shape index (κ3) is 5.79. The number of hydrogen-bond acceptors (Lipinski definition) is 6. The predicted molar refractivity (Wildman–Crippen MR) is 83.6 cm³/mol. The zero-order chi connectivity index (χ0) is 15.6. The van der Waals surface area contributed by atoms with Crippen LogP contribution in [-0.2, 0) is 19.1 Å². The summed E-state index contributed by atoms with van der Waals surface area (Å²) < 4.78 is 11.3. The van der Waals surface area contributed by atoms with Crippen molar-refractivity contribution in [1.29, 1.82) is 0 Å². The average molecular weight is 318 g/mol. The van der Waals surface area contributed by atoms with Crippen molar-refractivity contribution in [3.05, 3.63) is 9.81 Å². The van der Waals surface area contributed by atoms with Gasteiger partial charge in [-0.1, -0.05) is 0 Å². The van der Waals surface area contributed by atoms with Crippen molar-refractivity contribution < 1.29 is 19.1 Å². The molecule has 1 heterocycles. The van der Waals surface area contributed by atoms with Crippen LogP contribution in [0.3, 0.4) is 0 Å². The van der Waals surface area contributed by atoms with Crippen LogP contribution < -0.4 is 0 Å². The molecule has 0 N–H and O–H groups in total. The number of ether oxygens (including phenoxy) is 2. The van der Waals surface area contributed by atoms with Gasteiger partial charge in [-0.05, 0) is 41.5 Å². The first-order chi connectivity index (χ1) is 8.99. The van der Waals surface area contributed by atoms with E-state index in [0.29, 0.717) is 4.24 Å². The monoisotopic (exact) mass is 318 g/mol. The van der Waals surface area contributed by atoms with Crippen molar-refractivity contribution in [2.45, 2.75) is 52.7 Å². The number of hydrogen-bond donors (Lipinski definition) is 0. The molecule has 0 bridgehead atoms. The molecule has 0 aromatic rings. The first-order valence-electron chi connectivity index (χ1n) is 6.46. The topological polar surface area (TPSA) is 52.6 Å². The Morgan fingerprint density at radius 2 is 1.20 bits per heavy atom. The molecule has 114 valence electrons. The van der Waals surface area contributed by atoms with Crippen LogP contribution in [0.4, 0.5) is 0 Å². The molecule has 0 aliphatic carbocycles. The first kappa shape index (κ1) is 17.4. The molecular formula is C14H22O4S2. The van der Waals surface area contributed by atoms with Gasteiger partial charge >= 0.3 is 11.9 Å². The highest BCUT2D eigenvalue weighted by atomic mass is 32.2. The Morgan fingerprint density at radius 1 is 0.850 bits per heavy atom. The van der Waals surface area contributed by atoms with Gasteiger partial charge in [-0.25, -0.2) is 9.59 Å². The zero-order valence-corrected chi connectivity index (χ0v) is 14.5. The summed E-state index contributed by atoms with van der Waals surface area (Å²) in [4.78, 5) is 24.5. The van der Waals surface area contributed by atoms with Gasteiger partial charge in [0.15, 0.2) is 5.57 Å². The van der Waals surface area contributed by atoms with Gasteiger partial charge in [-0.3, -0.25) is 0 Å². The number of carbonyl (C=O) groups excluding carboxylic acids is 2. The summed E-state index contributed by atoms with van der Waals surface area (Å²) >= 11 is 3.00. The lowest BCUT2D eigenvalue weighted by molar-refractivity contribution is -0.158. The smallest absolute Gasteiger partial charge is 0.347 e. The van der Waals surface area contributed by atoms with Crippen molar-refractivity contribution in [3.63, 3.8) is 0 Å². The van der Waals surface area contributed by atoms with E-state index in [1.165, 1.54) is 23.5 Å². The quantitative estimate of drug-likeness (QED) is 0.337.